The van der Waals surface area contributed by atoms with Gasteiger partial charge in [0.15, 0.2) is 0 Å². The summed E-state index contributed by atoms with van der Waals surface area (Å²) in [6.45, 7) is 5.70. The fraction of sp³-hybridized carbons (Fsp3) is 0.360. The lowest BCUT2D eigenvalue weighted by molar-refractivity contribution is -0.122. The number of nitrogens with zero attached hydrogens (tertiary/aromatic N) is 3. The fourth-order valence-corrected chi connectivity index (χ4v) is 4.45. The van der Waals surface area contributed by atoms with Crippen LogP contribution in [0.4, 0.5) is 10.1 Å². The first-order chi connectivity index (χ1) is 15.6. The highest BCUT2D eigenvalue weighted by Crippen LogP contribution is 2.46. The number of aromatic nitrogens is 2. The molecule has 170 valence electrons. The third-order valence-corrected chi connectivity index (χ3v) is 5.94. The van der Waals surface area contributed by atoms with Crippen LogP contribution in [-0.4, -0.2) is 35.2 Å². The lowest BCUT2D eigenvalue weighted by Gasteiger charge is -2.23. The number of alkyl halides is 1. The SMILES string of the molecule is CC.CCl.Cn1cc(-c2ccc(CN3C(=O)C4(CCNC4)c4ccccc43)c(F)c2)cn1. The van der Waals surface area contributed by atoms with Gasteiger partial charge in [0.25, 0.3) is 0 Å². The van der Waals surface area contributed by atoms with E-state index in [1.54, 1.807) is 21.8 Å². The van der Waals surface area contributed by atoms with Gasteiger partial charge >= 0.3 is 0 Å². The second kappa shape index (κ2) is 10.3. The number of fused-ring (bicyclic) bond motifs is 2. The molecule has 32 heavy (non-hydrogen) atoms. The number of carbonyl (C=O) groups is 1. The average Bonchev–Trinajstić information content (AvgIpc) is 3.55. The summed E-state index contributed by atoms with van der Waals surface area (Å²) < 4.78 is 16.6. The predicted octanol–water partition coefficient (Wildman–Crippen LogP) is 4.89. The van der Waals surface area contributed by atoms with Crippen LogP contribution in [0.3, 0.4) is 0 Å². The topological polar surface area (TPSA) is 50.2 Å². The average molecular weight is 457 g/mol. The van der Waals surface area contributed by atoms with Crippen molar-refractivity contribution in [2.75, 3.05) is 24.4 Å². The van der Waals surface area contributed by atoms with Crippen LogP contribution >= 0.6 is 11.6 Å². The second-order valence-corrected chi connectivity index (χ2v) is 7.63. The summed E-state index contributed by atoms with van der Waals surface area (Å²) in [5.74, 6) is -0.244. The van der Waals surface area contributed by atoms with Gasteiger partial charge in [-0.3, -0.25) is 9.48 Å². The molecule has 2 aliphatic heterocycles. The number of halogens is 2. The molecular formula is C25H30ClFN4O. The minimum Gasteiger partial charge on any atom is -0.315 e. The molecule has 0 saturated carbocycles. The quantitative estimate of drug-likeness (QED) is 0.571. The number of amides is 1. The summed E-state index contributed by atoms with van der Waals surface area (Å²) in [5.41, 5.74) is 3.59. The third kappa shape index (κ3) is 4.17. The molecule has 1 atom stereocenters. The van der Waals surface area contributed by atoms with Crippen molar-refractivity contribution < 1.29 is 9.18 Å². The highest BCUT2D eigenvalue weighted by atomic mass is 35.5. The van der Waals surface area contributed by atoms with Gasteiger partial charge < -0.3 is 10.2 Å². The van der Waals surface area contributed by atoms with Gasteiger partial charge in [0.05, 0.1) is 18.2 Å². The molecule has 0 bridgehead atoms. The zero-order valence-corrected chi connectivity index (χ0v) is 19.8. The zero-order chi connectivity index (χ0) is 23.3. The smallest absolute Gasteiger partial charge is 0.239 e. The Labute approximate surface area is 194 Å². The number of aryl methyl sites for hydroxylation is 1. The molecule has 1 aromatic heterocycles. The maximum absolute atomic E-state index is 14.9. The van der Waals surface area contributed by atoms with Crippen LogP contribution in [-0.2, 0) is 23.8 Å². The van der Waals surface area contributed by atoms with Gasteiger partial charge in [-0.05, 0) is 36.2 Å². The molecule has 1 spiro atoms. The Bertz CT molecular complexity index is 1080. The van der Waals surface area contributed by atoms with Crippen molar-refractivity contribution in [2.24, 2.45) is 7.05 Å². The van der Waals surface area contributed by atoms with E-state index in [1.165, 1.54) is 12.4 Å². The van der Waals surface area contributed by atoms with E-state index < -0.39 is 5.41 Å². The first-order valence-corrected chi connectivity index (χ1v) is 11.6. The van der Waals surface area contributed by atoms with Gasteiger partial charge in [-0.2, -0.15) is 5.10 Å². The third-order valence-electron chi connectivity index (χ3n) is 5.94. The van der Waals surface area contributed by atoms with Crippen molar-refractivity contribution in [3.63, 3.8) is 0 Å². The summed E-state index contributed by atoms with van der Waals surface area (Å²) in [6, 6.07) is 13.1. The molecule has 3 aromatic rings. The molecule has 1 fully saturated rings. The number of para-hydroxylation sites is 1. The molecule has 2 aromatic carbocycles. The Kier molecular flexibility index (Phi) is 7.69. The molecule has 1 unspecified atom stereocenters. The summed E-state index contributed by atoms with van der Waals surface area (Å²) >= 11 is 4.64. The fourth-order valence-electron chi connectivity index (χ4n) is 4.45. The Morgan fingerprint density at radius 2 is 1.91 bits per heavy atom. The minimum atomic E-state index is -0.511. The second-order valence-electron chi connectivity index (χ2n) is 7.63. The molecule has 0 aliphatic carbocycles. The van der Waals surface area contributed by atoms with E-state index in [1.807, 2.05) is 57.4 Å². The van der Waals surface area contributed by atoms with Crippen LogP contribution < -0.4 is 10.2 Å². The molecule has 5 nitrogen and oxygen atoms in total. The van der Waals surface area contributed by atoms with Crippen LogP contribution in [0.5, 0.6) is 0 Å². The summed E-state index contributed by atoms with van der Waals surface area (Å²) in [7, 11) is 1.83. The van der Waals surface area contributed by atoms with E-state index in [0.717, 1.165) is 35.3 Å². The summed E-state index contributed by atoms with van der Waals surface area (Å²) in [6.07, 6.45) is 5.82. The van der Waals surface area contributed by atoms with E-state index in [9.17, 15) is 9.18 Å². The van der Waals surface area contributed by atoms with E-state index in [-0.39, 0.29) is 18.3 Å². The van der Waals surface area contributed by atoms with Crippen molar-refractivity contribution in [1.82, 2.24) is 15.1 Å². The van der Waals surface area contributed by atoms with Gasteiger partial charge in [-0.15, -0.1) is 11.6 Å². The van der Waals surface area contributed by atoms with Crippen molar-refractivity contribution in [2.45, 2.75) is 32.2 Å². The molecule has 1 saturated heterocycles. The van der Waals surface area contributed by atoms with Gasteiger partial charge in [-0.1, -0.05) is 44.2 Å². The van der Waals surface area contributed by atoms with E-state index in [0.29, 0.717) is 12.1 Å². The lowest BCUT2D eigenvalue weighted by atomic mass is 9.81. The van der Waals surface area contributed by atoms with Crippen molar-refractivity contribution in [1.29, 1.82) is 0 Å². The predicted molar refractivity (Wildman–Crippen MR) is 129 cm³/mol. The number of anilines is 1. The van der Waals surface area contributed by atoms with Gasteiger partial charge in [0.2, 0.25) is 5.91 Å². The molecule has 2 aliphatic rings. The van der Waals surface area contributed by atoms with Crippen LogP contribution in [0.1, 0.15) is 31.4 Å². The first kappa shape index (κ1) is 24.0. The summed E-state index contributed by atoms with van der Waals surface area (Å²) in [4.78, 5) is 15.1. The Hall–Kier alpha value is -2.70. The molecule has 0 radical (unpaired) electrons. The van der Waals surface area contributed by atoms with Crippen LogP contribution in [0.15, 0.2) is 54.9 Å². The highest BCUT2D eigenvalue weighted by molar-refractivity contribution is 6.15. The lowest BCUT2D eigenvalue weighted by Crippen LogP contribution is -2.41. The Balaban J connectivity index is 0.000000686. The van der Waals surface area contributed by atoms with Crippen LogP contribution in [0.2, 0.25) is 0 Å². The van der Waals surface area contributed by atoms with Crippen LogP contribution in [0, 0.1) is 5.82 Å². The van der Waals surface area contributed by atoms with E-state index in [2.05, 4.69) is 22.0 Å². The normalized spacial score (nSPS) is 18.7. The largest absolute Gasteiger partial charge is 0.315 e. The Morgan fingerprint density at radius 3 is 2.53 bits per heavy atom. The van der Waals surface area contributed by atoms with Gasteiger partial charge in [0, 0.05) is 43.0 Å². The molecule has 1 amide bonds. The first-order valence-electron chi connectivity index (χ1n) is 10.9. The Morgan fingerprint density at radius 1 is 1.16 bits per heavy atom. The maximum Gasteiger partial charge on any atom is 0.239 e. The number of rotatable bonds is 3. The van der Waals surface area contributed by atoms with Crippen molar-refractivity contribution >= 4 is 23.2 Å². The summed E-state index contributed by atoms with van der Waals surface area (Å²) in [5, 5.41) is 7.46. The van der Waals surface area contributed by atoms with Crippen molar-refractivity contribution in [3.8, 4) is 11.1 Å². The number of benzene rings is 2. The van der Waals surface area contributed by atoms with Crippen molar-refractivity contribution in [3.05, 3.63) is 71.8 Å². The minimum absolute atomic E-state index is 0.0643. The maximum atomic E-state index is 14.9. The number of carbonyl (C=O) groups excluding carboxylic acids is 1. The van der Waals surface area contributed by atoms with E-state index >= 15 is 0 Å². The standard InChI is InChI=1S/C22H21FN4O.C2H6.CH3Cl/c1-26-12-17(11-25-26)15-6-7-16(19(23)10-15)13-27-20-5-3-2-4-18(20)22(21(27)28)8-9-24-14-22;2*1-2/h2-7,10-12,24H,8-9,13-14H2,1H3;1-2H3;1H3. The molecule has 1 N–H and O–H groups in total. The number of nitrogens with one attached hydrogen (secondary N) is 1. The number of hydrogen-bond acceptors (Lipinski definition) is 3. The number of hydrogen-bond donors (Lipinski definition) is 1. The van der Waals surface area contributed by atoms with Crippen LogP contribution in [0.25, 0.3) is 11.1 Å². The van der Waals surface area contributed by atoms with E-state index in [4.69, 9.17) is 0 Å². The monoisotopic (exact) mass is 456 g/mol. The highest BCUT2D eigenvalue weighted by Gasteiger charge is 2.52. The van der Waals surface area contributed by atoms with Gasteiger partial charge in [0.1, 0.15) is 5.82 Å². The molecule has 3 heterocycles. The molecular weight excluding hydrogens is 427 g/mol. The molecule has 7 heteroatoms. The molecule has 5 rings (SSSR count). The zero-order valence-electron chi connectivity index (χ0n) is 19.0. The van der Waals surface area contributed by atoms with Gasteiger partial charge in [-0.25, -0.2) is 4.39 Å².